The summed E-state index contributed by atoms with van der Waals surface area (Å²) in [5.41, 5.74) is 17.0. The van der Waals surface area contributed by atoms with Gasteiger partial charge in [0.1, 0.15) is 0 Å². The van der Waals surface area contributed by atoms with Gasteiger partial charge in [0.15, 0.2) is 0 Å². The minimum Gasteiger partial charge on any atom is -0.337 e. The summed E-state index contributed by atoms with van der Waals surface area (Å²) in [5.74, 6) is 1.06. The summed E-state index contributed by atoms with van der Waals surface area (Å²) in [6.45, 7) is 5.11. The van der Waals surface area contributed by atoms with Gasteiger partial charge in [-0.05, 0) is 234 Å². The number of benzene rings is 3. The number of fused-ring (bicyclic) bond motifs is 6. The molecule has 8 heterocycles. The molecular formula is C77H93Cl3N10O9S4. The normalized spacial score (nSPS) is 19.2. The predicted molar refractivity (Wildman–Crippen MR) is 415 cm³/mol. The first-order valence-corrected chi connectivity index (χ1v) is 43.3. The van der Waals surface area contributed by atoms with Gasteiger partial charge in [-0.1, -0.05) is 78.6 Å². The van der Waals surface area contributed by atoms with E-state index in [2.05, 4.69) is 79.8 Å². The Kier molecular flexibility index (Phi) is 25.4. The molecular weight excluding hydrogens is 1440 g/mol. The van der Waals surface area contributed by atoms with Crippen molar-refractivity contribution in [2.24, 2.45) is 17.8 Å². The number of pyridine rings is 3. The highest BCUT2D eigenvalue weighted by Crippen LogP contribution is 2.50. The van der Waals surface area contributed by atoms with Gasteiger partial charge in [0, 0.05) is 130 Å². The quantitative estimate of drug-likeness (QED) is 0.0542. The van der Waals surface area contributed by atoms with Gasteiger partial charge in [0.25, 0.3) is 10.1 Å². The maximum Gasteiger partial charge on any atom is 0.264 e. The van der Waals surface area contributed by atoms with E-state index in [0.717, 1.165) is 144 Å². The smallest absolute Gasteiger partial charge is 0.264 e. The summed E-state index contributed by atoms with van der Waals surface area (Å²) in [6, 6.07) is 30.5. The summed E-state index contributed by atoms with van der Waals surface area (Å²) >= 11 is 19.4. The Balaban J connectivity index is 0.000000166. The highest BCUT2D eigenvalue weighted by Gasteiger charge is 2.40. The van der Waals surface area contributed by atoms with E-state index in [9.17, 15) is 33.7 Å². The molecule has 19 nitrogen and oxygen atoms in total. The fraction of sp³-hybridized carbons (Fsp3) is 0.416. The molecule has 14 rings (SSSR count). The molecule has 5 aromatic heterocycles. The number of halogens is 3. The van der Waals surface area contributed by atoms with E-state index in [1.807, 2.05) is 98.4 Å². The van der Waals surface area contributed by atoms with E-state index in [4.69, 9.17) is 53.9 Å². The maximum atomic E-state index is 12.1. The van der Waals surface area contributed by atoms with Crippen LogP contribution in [0.15, 0.2) is 147 Å². The van der Waals surface area contributed by atoms with Gasteiger partial charge < -0.3 is 9.13 Å². The fourth-order valence-corrected chi connectivity index (χ4v) is 19.4. The molecule has 3 saturated heterocycles. The number of aryl methyl sites for hydroxylation is 2. The Morgan fingerprint density at radius 2 is 0.748 bits per heavy atom. The molecule has 3 unspecified atom stereocenters. The fourth-order valence-electron chi connectivity index (χ4n) is 15.8. The second-order valence-electron chi connectivity index (χ2n) is 27.5. The number of imidazole rings is 2. The molecule has 8 aromatic rings. The molecule has 3 aliphatic heterocycles. The van der Waals surface area contributed by atoms with E-state index < -0.39 is 40.2 Å². The molecule has 0 bridgehead atoms. The summed E-state index contributed by atoms with van der Waals surface area (Å²) in [5, 5.41) is 2.08. The van der Waals surface area contributed by atoms with Crippen LogP contribution in [-0.2, 0) is 57.5 Å². The second kappa shape index (κ2) is 33.8. The predicted octanol–water partition coefficient (Wildman–Crippen LogP) is 15.2. The van der Waals surface area contributed by atoms with Crippen LogP contribution >= 0.6 is 34.8 Å². The van der Waals surface area contributed by atoms with Crippen molar-refractivity contribution in [3.05, 3.63) is 229 Å². The van der Waals surface area contributed by atoms with Crippen LogP contribution < -0.4 is 0 Å². The first kappa shape index (κ1) is 77.4. The average Bonchev–Trinajstić information content (AvgIpc) is 1.64. The van der Waals surface area contributed by atoms with Crippen molar-refractivity contribution in [2.75, 3.05) is 70.9 Å². The van der Waals surface area contributed by atoms with Gasteiger partial charge in [0.05, 0.1) is 61.4 Å². The molecule has 0 spiro atoms. The van der Waals surface area contributed by atoms with E-state index >= 15 is 0 Å². The number of allylic oxidation sites excluding steroid dienone is 3. The van der Waals surface area contributed by atoms with Gasteiger partial charge in [0.2, 0.25) is 30.1 Å². The summed E-state index contributed by atoms with van der Waals surface area (Å²) in [4.78, 5) is 22.8. The molecule has 3 aliphatic carbocycles. The largest absolute Gasteiger partial charge is 0.337 e. The van der Waals surface area contributed by atoms with Gasteiger partial charge >= 0.3 is 0 Å². The highest BCUT2D eigenvalue weighted by atomic mass is 35.5. The van der Waals surface area contributed by atoms with Gasteiger partial charge in [-0.3, -0.25) is 19.1 Å². The lowest BCUT2D eigenvalue weighted by Gasteiger charge is -2.35. The Morgan fingerprint density at radius 3 is 1.03 bits per heavy atom. The molecule has 26 heteroatoms. The van der Waals surface area contributed by atoms with Crippen molar-refractivity contribution in [1.82, 2.24) is 47.0 Å². The van der Waals surface area contributed by atoms with E-state index in [-0.39, 0.29) is 39.1 Å². The average molecular weight is 1540 g/mol. The minimum atomic E-state index is -3.49. The second-order valence-corrected chi connectivity index (χ2v) is 36.4. The Bertz CT molecular complexity index is 4670. The summed E-state index contributed by atoms with van der Waals surface area (Å²) < 4.78 is 109. The van der Waals surface area contributed by atoms with Gasteiger partial charge in [-0.15, -0.1) is 0 Å². The number of rotatable bonds is 19. The SMILES string of the molecule is C.CS(=O)(=O)N1CCC(C2c3ccc(Cl)cc3C(CCCn3ccnc3)=Cc3cccnc32)CC1.CS(=O)(=O)N1CCC(C2c3ccc(Cl)cc3C(CCCn3ccnc3)=Cc3cccnc32)CC1.CS(=O)(=O)OCCCC1=Cc2cccnc2C(C2CCN(S(C)(=O)=O)CC2)c2ccc(Cl)cc21.[HH]. The van der Waals surface area contributed by atoms with Crippen LogP contribution in [0.5, 0.6) is 0 Å². The Hall–Kier alpha value is -6.74. The molecule has 103 heavy (non-hydrogen) atoms. The van der Waals surface area contributed by atoms with Crippen molar-refractivity contribution in [2.45, 2.75) is 115 Å². The third kappa shape index (κ3) is 19.3. The standard InChI is InChI=1S/2C26H29ClN4O2S.C24H29ClN2O5S2.CH4.H2/c2*1-34(32,33)31-13-8-19(9-14-31)25-23-7-6-22(27)17-24(23)20(5-3-12-30-15-11-28-18-30)16-21-4-2-10-29-26(21)25;1-33(28,29)27-12-9-17(10-13-27)23-21-8-7-20(25)16-22(21)18(6-4-14-32-34(2,30)31)15-19-5-3-11-26-24(19)23;;/h2*2,4,6-7,10-11,15-19,25H,3,5,8-9,12-14H2,1H3;3,5,7-8,11,15-17,23H,4,6,9-10,12-14H2,1-2H3;1H4;1H. The van der Waals surface area contributed by atoms with Crippen molar-refractivity contribution < 1.29 is 39.3 Å². The molecule has 0 N–H and O–H groups in total. The van der Waals surface area contributed by atoms with Crippen molar-refractivity contribution in [3.63, 3.8) is 0 Å². The van der Waals surface area contributed by atoms with Crippen LogP contribution in [0.4, 0.5) is 0 Å². The van der Waals surface area contributed by atoms with E-state index in [0.29, 0.717) is 69.0 Å². The lowest BCUT2D eigenvalue weighted by atomic mass is 9.76. The van der Waals surface area contributed by atoms with Crippen LogP contribution in [0.1, 0.15) is 171 Å². The van der Waals surface area contributed by atoms with E-state index in [1.165, 1.54) is 52.2 Å². The van der Waals surface area contributed by atoms with Crippen LogP contribution in [0.3, 0.4) is 0 Å². The number of hydrogen-bond donors (Lipinski definition) is 0. The summed E-state index contributed by atoms with van der Waals surface area (Å²) in [7, 11) is -13.0. The Morgan fingerprint density at radius 1 is 0.437 bits per heavy atom. The minimum absolute atomic E-state index is 0. The van der Waals surface area contributed by atoms with Gasteiger partial charge in [-0.25, -0.2) is 48.1 Å². The molecule has 3 atom stereocenters. The summed E-state index contributed by atoms with van der Waals surface area (Å²) in [6.07, 6.45) is 38.1. The zero-order valence-electron chi connectivity index (χ0n) is 57.8. The van der Waals surface area contributed by atoms with Crippen molar-refractivity contribution >= 4 is 110 Å². The number of aromatic nitrogens is 7. The molecule has 3 fully saturated rings. The third-order valence-corrected chi connectivity index (χ3v) is 25.8. The molecule has 6 aliphatic rings. The lowest BCUT2D eigenvalue weighted by molar-refractivity contribution is 0.256. The van der Waals surface area contributed by atoms with E-state index in [1.54, 1.807) is 19.1 Å². The van der Waals surface area contributed by atoms with Crippen LogP contribution in [0, 0.1) is 17.8 Å². The third-order valence-electron chi connectivity index (χ3n) is 20.6. The monoisotopic (exact) mass is 1530 g/mol. The molecule has 0 saturated carbocycles. The van der Waals surface area contributed by atoms with Crippen LogP contribution in [-0.4, -0.2) is 152 Å². The zero-order chi connectivity index (χ0) is 71.9. The first-order chi connectivity index (χ1) is 48.8. The first-order valence-electron chi connectivity index (χ1n) is 34.8. The maximum absolute atomic E-state index is 12.1. The Labute approximate surface area is 624 Å². The molecule has 3 aromatic carbocycles. The zero-order valence-corrected chi connectivity index (χ0v) is 63.3. The lowest BCUT2D eigenvalue weighted by Crippen LogP contribution is -2.39. The number of sulfonamides is 3. The van der Waals surface area contributed by atoms with Crippen molar-refractivity contribution in [3.8, 4) is 0 Å². The molecule has 0 amide bonds. The van der Waals surface area contributed by atoms with Crippen LogP contribution in [0.25, 0.3) is 34.9 Å². The number of nitrogens with zero attached hydrogens (tertiary/aromatic N) is 10. The van der Waals surface area contributed by atoms with Crippen LogP contribution in [0.2, 0.25) is 15.1 Å². The highest BCUT2D eigenvalue weighted by molar-refractivity contribution is 7.88. The van der Waals surface area contributed by atoms with Crippen molar-refractivity contribution in [1.29, 1.82) is 0 Å². The topological polar surface area (TPSA) is 230 Å². The number of piperidine rings is 3. The molecule has 550 valence electrons. The van der Waals surface area contributed by atoms with Gasteiger partial charge in [-0.2, -0.15) is 8.42 Å². The molecule has 0 radical (unpaired) electrons. The number of hydrogen-bond acceptors (Lipinski definition) is 14.